The van der Waals surface area contributed by atoms with Crippen molar-refractivity contribution >= 4 is 18.1 Å². The number of nitrogens with zero attached hydrogens (tertiary/aromatic N) is 1. The molecule has 84 valence electrons. The van der Waals surface area contributed by atoms with Gasteiger partial charge in [0.25, 0.3) is 0 Å². The molecule has 17 heavy (non-hydrogen) atoms. The van der Waals surface area contributed by atoms with Crippen LogP contribution in [0.25, 0.3) is 12.2 Å². The fourth-order valence-electron chi connectivity index (χ4n) is 1.52. The number of carbonyl (C=O) groups is 1. The molecule has 0 bridgehead atoms. The monoisotopic (exact) mass is 224 g/mol. The van der Waals surface area contributed by atoms with Gasteiger partial charge in [0.2, 0.25) is 5.91 Å². The van der Waals surface area contributed by atoms with Crippen molar-refractivity contribution in [2.45, 2.75) is 0 Å². The highest BCUT2D eigenvalue weighted by molar-refractivity contribution is 5.97. The third-order valence-electron chi connectivity index (χ3n) is 2.35. The van der Waals surface area contributed by atoms with E-state index in [9.17, 15) is 4.79 Å². The molecule has 1 aromatic carbocycles. The first-order valence-corrected chi connectivity index (χ1v) is 5.25. The maximum absolute atomic E-state index is 11.2. The zero-order valence-corrected chi connectivity index (χ0v) is 9.21. The van der Waals surface area contributed by atoms with E-state index in [1.807, 2.05) is 42.5 Å². The number of carbonyl (C=O) groups excluding carboxylic acids is 1. The first-order chi connectivity index (χ1) is 8.27. The molecule has 1 heterocycles. The molecule has 0 radical (unpaired) electrons. The molecule has 2 rings (SSSR count). The second kappa shape index (κ2) is 5.07. The molecule has 0 fully saturated rings. The largest absolute Gasteiger partial charge is 0.366 e. The molecule has 0 unspecified atom stereocenters. The number of amides is 1. The quantitative estimate of drug-likeness (QED) is 0.870. The van der Waals surface area contributed by atoms with Gasteiger partial charge in [0.15, 0.2) is 0 Å². The van der Waals surface area contributed by atoms with E-state index in [4.69, 9.17) is 5.73 Å². The summed E-state index contributed by atoms with van der Waals surface area (Å²) >= 11 is 0. The van der Waals surface area contributed by atoms with Gasteiger partial charge in [0.1, 0.15) is 0 Å². The van der Waals surface area contributed by atoms with E-state index in [1.54, 1.807) is 18.3 Å². The number of rotatable bonds is 3. The van der Waals surface area contributed by atoms with Gasteiger partial charge in [-0.1, -0.05) is 30.3 Å². The summed E-state index contributed by atoms with van der Waals surface area (Å²) < 4.78 is 0. The van der Waals surface area contributed by atoms with Crippen LogP contribution in [0.15, 0.2) is 48.7 Å². The Morgan fingerprint density at radius 3 is 2.53 bits per heavy atom. The Bertz CT molecular complexity index is 547. The van der Waals surface area contributed by atoms with Crippen LogP contribution < -0.4 is 5.73 Å². The molecule has 0 aliphatic heterocycles. The SMILES string of the molecule is NC(=O)c1ccccc1/C=C/c1ccccn1. The third kappa shape index (κ3) is 2.78. The fraction of sp³-hybridized carbons (Fsp3) is 0. The van der Waals surface area contributed by atoms with Crippen LogP contribution >= 0.6 is 0 Å². The molecular formula is C14H12N2O. The number of benzene rings is 1. The summed E-state index contributed by atoms with van der Waals surface area (Å²) in [6.45, 7) is 0. The summed E-state index contributed by atoms with van der Waals surface area (Å²) in [4.78, 5) is 15.4. The predicted octanol–water partition coefficient (Wildman–Crippen LogP) is 2.35. The molecule has 0 aliphatic carbocycles. The van der Waals surface area contributed by atoms with Crippen LogP contribution in [0.2, 0.25) is 0 Å². The van der Waals surface area contributed by atoms with Crippen LogP contribution in [-0.4, -0.2) is 10.9 Å². The van der Waals surface area contributed by atoms with Gasteiger partial charge in [0, 0.05) is 11.8 Å². The Labute approximate surface area is 99.6 Å². The van der Waals surface area contributed by atoms with E-state index < -0.39 is 5.91 Å². The lowest BCUT2D eigenvalue weighted by atomic mass is 10.1. The minimum Gasteiger partial charge on any atom is -0.366 e. The average molecular weight is 224 g/mol. The molecular weight excluding hydrogens is 212 g/mol. The van der Waals surface area contributed by atoms with Gasteiger partial charge in [-0.25, -0.2) is 0 Å². The Balaban J connectivity index is 2.30. The maximum atomic E-state index is 11.2. The molecule has 0 aliphatic rings. The van der Waals surface area contributed by atoms with E-state index in [2.05, 4.69) is 4.98 Å². The maximum Gasteiger partial charge on any atom is 0.249 e. The van der Waals surface area contributed by atoms with Gasteiger partial charge < -0.3 is 5.73 Å². The number of nitrogens with two attached hydrogens (primary N) is 1. The predicted molar refractivity (Wildman–Crippen MR) is 68.1 cm³/mol. The van der Waals surface area contributed by atoms with E-state index in [0.29, 0.717) is 5.56 Å². The summed E-state index contributed by atoms with van der Waals surface area (Å²) in [5.41, 5.74) is 7.45. The molecule has 0 spiro atoms. The van der Waals surface area contributed by atoms with E-state index >= 15 is 0 Å². The highest BCUT2D eigenvalue weighted by Gasteiger charge is 2.03. The van der Waals surface area contributed by atoms with Crippen molar-refractivity contribution in [2.24, 2.45) is 5.73 Å². The van der Waals surface area contributed by atoms with Crippen molar-refractivity contribution in [3.05, 3.63) is 65.5 Å². The Kier molecular flexibility index (Phi) is 3.31. The van der Waals surface area contributed by atoms with Gasteiger partial charge in [-0.15, -0.1) is 0 Å². The van der Waals surface area contributed by atoms with Crippen LogP contribution in [0.1, 0.15) is 21.6 Å². The zero-order valence-electron chi connectivity index (χ0n) is 9.21. The topological polar surface area (TPSA) is 56.0 Å². The highest BCUT2D eigenvalue weighted by atomic mass is 16.1. The minimum absolute atomic E-state index is 0.425. The molecule has 0 saturated heterocycles. The molecule has 0 saturated carbocycles. The lowest BCUT2D eigenvalue weighted by Gasteiger charge is -2.00. The number of hydrogen-bond acceptors (Lipinski definition) is 2. The number of aromatic nitrogens is 1. The van der Waals surface area contributed by atoms with Gasteiger partial charge >= 0.3 is 0 Å². The van der Waals surface area contributed by atoms with Crippen molar-refractivity contribution in [1.82, 2.24) is 4.98 Å². The molecule has 1 amide bonds. The lowest BCUT2D eigenvalue weighted by Crippen LogP contribution is -2.12. The summed E-state index contributed by atoms with van der Waals surface area (Å²) in [5, 5.41) is 0. The Morgan fingerprint density at radius 1 is 1.06 bits per heavy atom. The Hall–Kier alpha value is -2.42. The summed E-state index contributed by atoms with van der Waals surface area (Å²) in [7, 11) is 0. The van der Waals surface area contributed by atoms with Crippen molar-refractivity contribution in [3.63, 3.8) is 0 Å². The van der Waals surface area contributed by atoms with Crippen molar-refractivity contribution in [2.75, 3.05) is 0 Å². The van der Waals surface area contributed by atoms with Crippen LogP contribution in [0.4, 0.5) is 0 Å². The normalized spacial score (nSPS) is 10.6. The average Bonchev–Trinajstić information content (AvgIpc) is 2.38. The standard InChI is InChI=1S/C14H12N2O/c15-14(17)13-7-2-1-5-11(13)8-9-12-6-3-4-10-16-12/h1-10H,(H2,15,17)/b9-8+. The highest BCUT2D eigenvalue weighted by Crippen LogP contribution is 2.11. The number of pyridine rings is 1. The smallest absolute Gasteiger partial charge is 0.249 e. The second-order valence-corrected chi connectivity index (χ2v) is 3.54. The van der Waals surface area contributed by atoms with Crippen molar-refractivity contribution < 1.29 is 4.79 Å². The van der Waals surface area contributed by atoms with E-state index in [-0.39, 0.29) is 0 Å². The third-order valence-corrected chi connectivity index (χ3v) is 2.35. The summed E-state index contributed by atoms with van der Waals surface area (Å²) in [6.07, 6.45) is 5.41. The van der Waals surface area contributed by atoms with Crippen LogP contribution in [0.3, 0.4) is 0 Å². The number of primary amides is 1. The van der Waals surface area contributed by atoms with Crippen molar-refractivity contribution in [3.8, 4) is 0 Å². The van der Waals surface area contributed by atoms with Gasteiger partial charge in [-0.3, -0.25) is 9.78 Å². The van der Waals surface area contributed by atoms with Crippen LogP contribution in [0.5, 0.6) is 0 Å². The molecule has 0 atom stereocenters. The molecule has 2 aromatic rings. The first kappa shape index (κ1) is 11.1. The second-order valence-electron chi connectivity index (χ2n) is 3.54. The first-order valence-electron chi connectivity index (χ1n) is 5.25. The summed E-state index contributed by atoms with van der Waals surface area (Å²) in [6, 6.07) is 12.9. The van der Waals surface area contributed by atoms with Crippen molar-refractivity contribution in [1.29, 1.82) is 0 Å². The fourth-order valence-corrected chi connectivity index (χ4v) is 1.52. The Morgan fingerprint density at radius 2 is 1.82 bits per heavy atom. The molecule has 3 heteroatoms. The van der Waals surface area contributed by atoms with Gasteiger partial charge in [0.05, 0.1) is 5.69 Å². The lowest BCUT2D eigenvalue weighted by molar-refractivity contribution is 0.1000. The van der Waals surface area contributed by atoms with Crippen LogP contribution in [0, 0.1) is 0 Å². The molecule has 2 N–H and O–H groups in total. The van der Waals surface area contributed by atoms with E-state index in [1.165, 1.54) is 0 Å². The molecule has 1 aromatic heterocycles. The van der Waals surface area contributed by atoms with Crippen LogP contribution in [-0.2, 0) is 0 Å². The van der Waals surface area contributed by atoms with E-state index in [0.717, 1.165) is 11.3 Å². The summed E-state index contributed by atoms with van der Waals surface area (Å²) in [5.74, 6) is -0.425. The zero-order chi connectivity index (χ0) is 12.1. The minimum atomic E-state index is -0.425. The van der Waals surface area contributed by atoms with Gasteiger partial charge in [-0.05, 0) is 29.8 Å². The number of hydrogen-bond donors (Lipinski definition) is 1. The molecule has 3 nitrogen and oxygen atoms in total. The van der Waals surface area contributed by atoms with Gasteiger partial charge in [-0.2, -0.15) is 0 Å².